The number of ketones is 1. The van der Waals surface area contributed by atoms with E-state index < -0.39 is 23.5 Å². The summed E-state index contributed by atoms with van der Waals surface area (Å²) < 4.78 is 14.7. The molecule has 0 saturated carbocycles. The number of amides is 1. The minimum atomic E-state index is -0.993. The van der Waals surface area contributed by atoms with Gasteiger partial charge in [-0.05, 0) is 47.0 Å². The van der Waals surface area contributed by atoms with Crippen LogP contribution in [0.2, 0.25) is 0 Å². The van der Waals surface area contributed by atoms with Crippen molar-refractivity contribution < 1.29 is 19.1 Å². The van der Waals surface area contributed by atoms with Crippen molar-refractivity contribution in [2.75, 3.05) is 27.2 Å². The third-order valence-electron chi connectivity index (χ3n) is 5.11. The number of carbonyl (C=O) groups excluding carboxylic acids is 2. The highest BCUT2D eigenvalue weighted by Crippen LogP contribution is 2.41. The molecule has 1 unspecified atom stereocenters. The number of aliphatic hydroxyl groups excluding tert-OH is 1. The number of aryl methyl sites for hydroxylation is 2. The van der Waals surface area contributed by atoms with E-state index in [2.05, 4.69) is 10.2 Å². The van der Waals surface area contributed by atoms with Gasteiger partial charge in [-0.1, -0.05) is 18.2 Å². The smallest absolute Gasteiger partial charge is 0.295 e. The Labute approximate surface area is 168 Å². The van der Waals surface area contributed by atoms with Gasteiger partial charge in [0.15, 0.2) is 0 Å². The van der Waals surface area contributed by atoms with Crippen LogP contribution < -0.4 is 0 Å². The molecule has 3 rings (SSSR count). The van der Waals surface area contributed by atoms with Crippen molar-refractivity contribution >= 4 is 17.4 Å². The first kappa shape index (κ1) is 20.7. The summed E-state index contributed by atoms with van der Waals surface area (Å²) >= 11 is 0. The predicted octanol–water partition coefficient (Wildman–Crippen LogP) is 2.54. The minimum absolute atomic E-state index is 0.113. The van der Waals surface area contributed by atoms with Crippen molar-refractivity contribution in [1.82, 2.24) is 20.0 Å². The van der Waals surface area contributed by atoms with E-state index in [1.807, 2.05) is 19.0 Å². The normalized spacial score (nSPS) is 18.8. The fourth-order valence-corrected chi connectivity index (χ4v) is 3.72. The Morgan fingerprint density at radius 1 is 1.28 bits per heavy atom. The molecule has 29 heavy (non-hydrogen) atoms. The molecular formula is C21H25FN4O3. The van der Waals surface area contributed by atoms with Crippen molar-refractivity contribution in [2.24, 2.45) is 0 Å². The van der Waals surface area contributed by atoms with Crippen LogP contribution in [0.4, 0.5) is 4.39 Å². The Hall–Kier alpha value is -3.00. The maximum absolute atomic E-state index is 14.7. The first-order valence-corrected chi connectivity index (χ1v) is 9.43. The highest BCUT2D eigenvalue weighted by molar-refractivity contribution is 6.46. The van der Waals surface area contributed by atoms with Gasteiger partial charge in [-0.3, -0.25) is 14.7 Å². The average molecular weight is 400 g/mol. The van der Waals surface area contributed by atoms with Gasteiger partial charge >= 0.3 is 0 Å². The van der Waals surface area contributed by atoms with Crippen LogP contribution in [0.3, 0.4) is 0 Å². The molecule has 1 aromatic heterocycles. The van der Waals surface area contributed by atoms with Crippen molar-refractivity contribution in [3.8, 4) is 0 Å². The number of benzene rings is 1. The monoisotopic (exact) mass is 400 g/mol. The molecule has 2 heterocycles. The number of Topliss-reactive ketones (excluding diaryl/α,β-unsaturated/α-hetero) is 1. The Bertz CT molecular complexity index is 961. The molecule has 0 spiro atoms. The quantitative estimate of drug-likeness (QED) is 0.442. The van der Waals surface area contributed by atoms with Crippen LogP contribution in [0.15, 0.2) is 29.8 Å². The summed E-state index contributed by atoms with van der Waals surface area (Å²) in [5, 5.41) is 17.8. The van der Waals surface area contributed by atoms with E-state index in [0.717, 1.165) is 0 Å². The van der Waals surface area contributed by atoms with Gasteiger partial charge in [0.2, 0.25) is 0 Å². The first-order chi connectivity index (χ1) is 13.7. The molecule has 1 amide bonds. The summed E-state index contributed by atoms with van der Waals surface area (Å²) in [7, 11) is 3.82. The molecule has 1 atom stereocenters. The zero-order valence-corrected chi connectivity index (χ0v) is 17.0. The summed E-state index contributed by atoms with van der Waals surface area (Å²) in [5.41, 5.74) is 1.48. The van der Waals surface area contributed by atoms with Crippen LogP contribution in [-0.4, -0.2) is 64.0 Å². The zero-order chi connectivity index (χ0) is 21.3. The zero-order valence-electron chi connectivity index (χ0n) is 17.0. The summed E-state index contributed by atoms with van der Waals surface area (Å²) in [6.07, 6.45) is 0.606. The van der Waals surface area contributed by atoms with Gasteiger partial charge in [0.25, 0.3) is 11.7 Å². The van der Waals surface area contributed by atoms with E-state index in [9.17, 15) is 19.1 Å². The molecule has 2 N–H and O–H groups in total. The maximum Gasteiger partial charge on any atom is 0.295 e. The van der Waals surface area contributed by atoms with Crippen molar-refractivity contribution in [3.05, 3.63) is 58.2 Å². The number of rotatable bonds is 6. The van der Waals surface area contributed by atoms with Crippen molar-refractivity contribution in [1.29, 1.82) is 0 Å². The first-order valence-electron chi connectivity index (χ1n) is 9.43. The average Bonchev–Trinajstić information content (AvgIpc) is 3.12. The van der Waals surface area contributed by atoms with Gasteiger partial charge in [0.1, 0.15) is 11.6 Å². The lowest BCUT2D eigenvalue weighted by Gasteiger charge is -2.26. The Balaban J connectivity index is 2.15. The van der Waals surface area contributed by atoms with Crippen LogP contribution in [0.5, 0.6) is 0 Å². The molecule has 1 fully saturated rings. The Morgan fingerprint density at radius 2 is 1.97 bits per heavy atom. The number of halogens is 1. The third-order valence-corrected chi connectivity index (χ3v) is 5.11. The van der Waals surface area contributed by atoms with Gasteiger partial charge in [0.05, 0.1) is 22.9 Å². The lowest BCUT2D eigenvalue weighted by Crippen LogP contribution is -2.32. The summed E-state index contributed by atoms with van der Waals surface area (Å²) in [6, 6.07) is 5.01. The molecule has 8 heteroatoms. The van der Waals surface area contributed by atoms with Crippen molar-refractivity contribution in [3.63, 3.8) is 0 Å². The number of likely N-dealkylation sites (tertiary alicyclic amines) is 1. The van der Waals surface area contributed by atoms with Crippen molar-refractivity contribution in [2.45, 2.75) is 26.3 Å². The van der Waals surface area contributed by atoms with E-state index >= 15 is 0 Å². The van der Waals surface area contributed by atoms with Crippen LogP contribution in [0, 0.1) is 19.7 Å². The topological polar surface area (TPSA) is 89.5 Å². The highest BCUT2D eigenvalue weighted by Gasteiger charge is 2.47. The van der Waals surface area contributed by atoms with Crippen LogP contribution >= 0.6 is 0 Å². The second kappa shape index (κ2) is 8.16. The Kier molecular flexibility index (Phi) is 5.83. The minimum Gasteiger partial charge on any atom is -0.507 e. The summed E-state index contributed by atoms with van der Waals surface area (Å²) in [5.74, 6) is -2.43. The molecule has 2 aromatic rings. The van der Waals surface area contributed by atoms with E-state index in [4.69, 9.17) is 0 Å². The van der Waals surface area contributed by atoms with E-state index in [-0.39, 0.29) is 23.4 Å². The van der Waals surface area contributed by atoms with Gasteiger partial charge in [-0.25, -0.2) is 4.39 Å². The van der Waals surface area contributed by atoms with Gasteiger partial charge in [0, 0.05) is 17.8 Å². The van der Waals surface area contributed by atoms with Gasteiger partial charge in [-0.15, -0.1) is 0 Å². The lowest BCUT2D eigenvalue weighted by molar-refractivity contribution is -0.140. The van der Waals surface area contributed by atoms with Crippen LogP contribution in [0.1, 0.15) is 35.0 Å². The van der Waals surface area contributed by atoms with Crippen LogP contribution in [-0.2, 0) is 9.59 Å². The highest BCUT2D eigenvalue weighted by atomic mass is 19.1. The molecule has 0 bridgehead atoms. The number of carbonyl (C=O) groups is 2. The number of H-pyrrole nitrogens is 1. The number of hydrogen-bond donors (Lipinski definition) is 2. The van der Waals surface area contributed by atoms with E-state index in [0.29, 0.717) is 29.9 Å². The molecule has 154 valence electrons. The second-order valence-corrected chi connectivity index (χ2v) is 7.48. The third kappa shape index (κ3) is 3.80. The number of hydrogen-bond acceptors (Lipinski definition) is 5. The number of aliphatic hydroxyl groups is 1. The molecule has 1 aliphatic rings. The molecule has 0 aliphatic carbocycles. The van der Waals surface area contributed by atoms with Crippen LogP contribution in [0.25, 0.3) is 5.76 Å². The van der Waals surface area contributed by atoms with Gasteiger partial charge in [-0.2, -0.15) is 5.10 Å². The number of aromatic nitrogens is 2. The molecule has 7 nitrogen and oxygen atoms in total. The standard InChI is InChI=1S/C21H25FN4O3/c1-12-16(13(2)24-23-12)19(27)17-18(14-8-5-6-9-15(14)22)26(21(29)20(17)28)11-7-10-25(3)4/h5-6,8-9,18,27H,7,10-11H2,1-4H3,(H,23,24). The molecular weight excluding hydrogens is 375 g/mol. The number of nitrogens with one attached hydrogen (secondary N) is 1. The Morgan fingerprint density at radius 3 is 2.55 bits per heavy atom. The summed E-state index contributed by atoms with van der Waals surface area (Å²) in [6.45, 7) is 4.36. The molecule has 0 radical (unpaired) electrons. The predicted molar refractivity (Wildman–Crippen MR) is 107 cm³/mol. The SMILES string of the molecule is Cc1n[nH]c(C)c1C(O)=C1C(=O)C(=O)N(CCCN(C)C)C1c1ccccc1F. The fourth-order valence-electron chi connectivity index (χ4n) is 3.72. The molecule has 1 aliphatic heterocycles. The van der Waals surface area contributed by atoms with E-state index in [1.165, 1.54) is 17.0 Å². The van der Waals surface area contributed by atoms with Gasteiger partial charge < -0.3 is 14.9 Å². The second-order valence-electron chi connectivity index (χ2n) is 7.48. The summed E-state index contributed by atoms with van der Waals surface area (Å²) in [4.78, 5) is 29.0. The maximum atomic E-state index is 14.7. The molecule has 1 saturated heterocycles. The largest absolute Gasteiger partial charge is 0.507 e. The number of aromatic amines is 1. The number of nitrogens with zero attached hydrogens (tertiary/aromatic N) is 3. The van der Waals surface area contributed by atoms with E-state index in [1.54, 1.807) is 26.0 Å². The fraction of sp³-hybridized carbons (Fsp3) is 0.381. The lowest BCUT2D eigenvalue weighted by atomic mass is 9.94. The molecule has 1 aromatic carbocycles.